The third-order valence-electron chi connectivity index (χ3n) is 6.49. The second-order valence-electron chi connectivity index (χ2n) is 10.4. The summed E-state index contributed by atoms with van der Waals surface area (Å²) in [5.41, 5.74) is 5.59. The van der Waals surface area contributed by atoms with Gasteiger partial charge in [-0.25, -0.2) is 13.7 Å². The summed E-state index contributed by atoms with van der Waals surface area (Å²) >= 11 is 1.28. The van der Waals surface area contributed by atoms with Gasteiger partial charge in [0.05, 0.1) is 50.0 Å². The molecule has 0 aliphatic carbocycles. The van der Waals surface area contributed by atoms with E-state index < -0.39 is 46.7 Å². The Kier molecular flexibility index (Phi) is 13.7. The highest BCUT2D eigenvalue weighted by Gasteiger charge is 2.26. The van der Waals surface area contributed by atoms with E-state index in [1.165, 1.54) is 42.5 Å². The van der Waals surface area contributed by atoms with Crippen LogP contribution in [0.3, 0.4) is 0 Å². The number of anilines is 1. The number of phenols is 1. The van der Waals surface area contributed by atoms with Crippen LogP contribution in [0.15, 0.2) is 101 Å². The van der Waals surface area contributed by atoms with E-state index in [1.54, 1.807) is 31.1 Å². The monoisotopic (exact) mass is 830 g/mol. The summed E-state index contributed by atoms with van der Waals surface area (Å²) in [6.45, 7) is 0.293. The number of hydrogen-bond acceptors (Lipinski definition) is 20. The zero-order chi connectivity index (χ0) is 39.0. The van der Waals surface area contributed by atoms with Crippen molar-refractivity contribution in [2.24, 2.45) is 20.5 Å². The average Bonchev–Trinajstić information content (AvgIpc) is 3.08. The number of thioether (sulfide) groups is 1. The molecule has 0 saturated heterocycles. The largest absolute Gasteiger partial charge is 0.505 e. The van der Waals surface area contributed by atoms with Crippen LogP contribution in [0.2, 0.25) is 0 Å². The van der Waals surface area contributed by atoms with Crippen LogP contribution in [0.1, 0.15) is 0 Å². The minimum Gasteiger partial charge on any atom is -0.505 e. The Morgan fingerprint density at radius 2 is 1.47 bits per heavy atom. The van der Waals surface area contributed by atoms with Crippen molar-refractivity contribution < 1.29 is 63.3 Å². The van der Waals surface area contributed by atoms with Crippen LogP contribution in [-0.4, -0.2) is 76.0 Å². The van der Waals surface area contributed by atoms with Gasteiger partial charge in [0.1, 0.15) is 16.3 Å². The standard InChI is InChI=1S/C28H26N6O14S5/c1-34(2)11-14-51(37,38)21-9-5-19(6-10-21)31-33-27-23(52(39,40)41)16-17-15-22(50-47-46-36)26(25(29)24(17)28(27)35)32-30-18-3-7-20(8-4-18)49-13-12-45-48-53(42,43)44/h3-10,15-16,35-36H,11,14,29H2,1-2H3,(H,39,40,41)(H,42,43,44). The first-order valence-electron chi connectivity index (χ1n) is 14.0. The topological polar surface area (TPSA) is 299 Å². The first kappa shape index (κ1) is 41.3. The van der Waals surface area contributed by atoms with Gasteiger partial charge in [0.25, 0.3) is 10.1 Å². The molecule has 0 fully saturated rings. The molecule has 4 aromatic carbocycles. The van der Waals surface area contributed by atoms with Gasteiger partial charge in [-0.05, 0) is 96.2 Å². The van der Waals surface area contributed by atoms with Crippen molar-refractivity contribution >= 4 is 93.4 Å². The lowest BCUT2D eigenvalue weighted by atomic mass is 10.1. The zero-order valence-corrected chi connectivity index (χ0v) is 31.0. The number of nitrogen functional groups attached to an aromatic ring is 1. The van der Waals surface area contributed by atoms with Crippen LogP contribution < -0.4 is 5.73 Å². The van der Waals surface area contributed by atoms with Crippen molar-refractivity contribution in [3.63, 3.8) is 0 Å². The molecule has 25 heteroatoms. The molecule has 0 aromatic heterocycles. The van der Waals surface area contributed by atoms with E-state index in [0.717, 1.165) is 17.8 Å². The molecular formula is C28H26N6O14S5. The molecule has 0 atom stereocenters. The molecule has 0 amide bonds. The number of fused-ring (bicyclic) bond motifs is 1. The van der Waals surface area contributed by atoms with Gasteiger partial charge in [0.2, 0.25) is 0 Å². The molecule has 53 heavy (non-hydrogen) atoms. The van der Waals surface area contributed by atoms with E-state index in [9.17, 15) is 34.9 Å². The predicted octanol–water partition coefficient (Wildman–Crippen LogP) is 5.73. The molecule has 0 unspecified atom stereocenters. The molecule has 4 aromatic rings. The smallest absolute Gasteiger partial charge is 0.433 e. The van der Waals surface area contributed by atoms with Crippen LogP contribution in [0, 0.1) is 11.4 Å². The molecule has 0 aliphatic rings. The SMILES string of the molecule is CN(C)CCS(=O)(=O)c1ccc(N=Nc2c(S(=O)(=O)O)cc3cc(SOOO)c(N=Nc4ccc(SC#COOS(=O)(=O)O)cc4)c(N)c3c2O)cc1. The number of sulfone groups is 1. The maximum absolute atomic E-state index is 12.6. The molecule has 0 aliphatic heterocycles. The third kappa shape index (κ3) is 11.5. The number of aromatic hydroxyl groups is 1. The molecule has 0 bridgehead atoms. The number of rotatable bonds is 15. The van der Waals surface area contributed by atoms with Crippen molar-refractivity contribution in [2.45, 2.75) is 19.6 Å². The second kappa shape index (κ2) is 17.6. The summed E-state index contributed by atoms with van der Waals surface area (Å²) in [4.78, 5) is 5.43. The number of benzene rings is 4. The molecule has 0 radical (unpaired) electrons. The summed E-state index contributed by atoms with van der Waals surface area (Å²) in [6, 6.07) is 13.5. The fraction of sp³-hybridized carbons (Fsp3) is 0.143. The number of nitrogens with two attached hydrogens (primary N) is 1. The van der Waals surface area contributed by atoms with Crippen LogP contribution in [-0.2, 0) is 48.9 Å². The maximum Gasteiger partial charge on any atom is 0.433 e. The van der Waals surface area contributed by atoms with Gasteiger partial charge in [0.15, 0.2) is 21.7 Å². The molecule has 0 spiro atoms. The van der Waals surface area contributed by atoms with Gasteiger partial charge < -0.3 is 15.7 Å². The number of phenolic OH excluding ortho intramolecular Hbond substituents is 1. The van der Waals surface area contributed by atoms with Gasteiger partial charge in [-0.1, -0.05) is 5.04 Å². The van der Waals surface area contributed by atoms with Gasteiger partial charge in [-0.15, -0.1) is 14.6 Å². The molecular weight excluding hydrogens is 805 g/mol. The Balaban J connectivity index is 1.71. The average molecular weight is 831 g/mol. The van der Waals surface area contributed by atoms with Crippen LogP contribution in [0.5, 0.6) is 5.75 Å². The lowest BCUT2D eigenvalue weighted by molar-refractivity contribution is -0.432. The lowest BCUT2D eigenvalue weighted by Gasteiger charge is -2.14. The summed E-state index contributed by atoms with van der Waals surface area (Å²) < 4.78 is 97.6. The van der Waals surface area contributed by atoms with Crippen molar-refractivity contribution in [3.05, 3.63) is 60.7 Å². The van der Waals surface area contributed by atoms with Gasteiger partial charge in [0, 0.05) is 16.7 Å². The Labute approximate surface area is 310 Å². The Bertz CT molecular complexity index is 2430. The summed E-state index contributed by atoms with van der Waals surface area (Å²) in [5, 5.41) is 41.9. The molecule has 20 nitrogen and oxygen atoms in total. The quantitative estimate of drug-likeness (QED) is 0.0140. The maximum atomic E-state index is 12.6. The minimum atomic E-state index is -5.05. The molecule has 282 valence electrons. The van der Waals surface area contributed by atoms with Crippen LogP contribution >= 0.6 is 23.8 Å². The molecule has 0 saturated carbocycles. The number of hydrogen-bond donors (Lipinski definition) is 5. The summed E-state index contributed by atoms with van der Waals surface area (Å²) in [5.74, 6) is -0.967. The summed E-state index contributed by atoms with van der Waals surface area (Å²) in [7, 11) is -10.0. The second-order valence-corrected chi connectivity index (χ2v) is 16.5. The fourth-order valence-electron chi connectivity index (χ4n) is 4.12. The number of nitrogens with zero attached hydrogens (tertiary/aromatic N) is 5. The van der Waals surface area contributed by atoms with Crippen molar-refractivity contribution in [2.75, 3.05) is 32.1 Å². The summed E-state index contributed by atoms with van der Waals surface area (Å²) in [6.07, 6.45) is 1.90. The first-order chi connectivity index (χ1) is 24.9. The molecule has 0 heterocycles. The molecule has 4 rings (SSSR count). The highest BCUT2D eigenvalue weighted by molar-refractivity contribution is 8.04. The van der Waals surface area contributed by atoms with Gasteiger partial charge in [-0.3, -0.25) is 14.0 Å². The Morgan fingerprint density at radius 1 is 0.868 bits per heavy atom. The molecule has 6 N–H and O–H groups in total. The fourth-order valence-corrected chi connectivity index (χ4v) is 7.26. The Hall–Kier alpha value is -4.43. The Morgan fingerprint density at radius 3 is 2.04 bits per heavy atom. The third-order valence-corrected chi connectivity index (χ3v) is 10.6. The zero-order valence-electron chi connectivity index (χ0n) is 26.9. The van der Waals surface area contributed by atoms with E-state index in [-0.39, 0.29) is 49.1 Å². The van der Waals surface area contributed by atoms with Crippen LogP contribution in [0.25, 0.3) is 10.8 Å². The predicted molar refractivity (Wildman–Crippen MR) is 190 cm³/mol. The highest BCUT2D eigenvalue weighted by atomic mass is 32.3. The first-order valence-corrected chi connectivity index (χ1v) is 20.1. The van der Waals surface area contributed by atoms with E-state index in [4.69, 9.17) is 15.5 Å². The van der Waals surface area contributed by atoms with Crippen LogP contribution in [0.4, 0.5) is 28.4 Å². The lowest BCUT2D eigenvalue weighted by Crippen LogP contribution is -2.21. The van der Waals surface area contributed by atoms with Gasteiger partial charge >= 0.3 is 10.4 Å². The van der Waals surface area contributed by atoms with Crippen molar-refractivity contribution in [1.82, 2.24) is 4.90 Å². The van der Waals surface area contributed by atoms with E-state index in [1.807, 2.05) is 6.11 Å². The number of azo groups is 2. The van der Waals surface area contributed by atoms with Crippen molar-refractivity contribution in [3.8, 4) is 17.1 Å². The van der Waals surface area contributed by atoms with E-state index in [2.05, 4.69) is 44.3 Å². The van der Waals surface area contributed by atoms with Gasteiger partial charge in [-0.2, -0.15) is 27.1 Å². The van der Waals surface area contributed by atoms with E-state index >= 15 is 0 Å². The highest BCUT2D eigenvalue weighted by Crippen LogP contribution is 2.49. The van der Waals surface area contributed by atoms with E-state index in [0.29, 0.717) is 23.5 Å². The van der Waals surface area contributed by atoms with Crippen molar-refractivity contribution in [1.29, 1.82) is 0 Å². The normalized spacial score (nSPS) is 12.5. The minimum absolute atomic E-state index is 0.00181.